The van der Waals surface area contributed by atoms with Gasteiger partial charge in [-0.2, -0.15) is 4.37 Å². The third-order valence-electron chi connectivity index (χ3n) is 2.43. The standard InChI is InChI=1S/C13H16N3OS.HI/c1-3-4-5-9-17-13-12(14-18-15-13)11-7-6-8-16(2)10-11;/h3-4,6-8,10H,5,9H2,1-2H3;1H/q+1;/p-1. The van der Waals surface area contributed by atoms with Crippen LogP contribution in [-0.4, -0.2) is 15.4 Å². The van der Waals surface area contributed by atoms with Crippen molar-refractivity contribution in [2.75, 3.05) is 6.61 Å². The van der Waals surface area contributed by atoms with E-state index in [0.717, 1.165) is 17.7 Å². The highest BCUT2D eigenvalue weighted by Crippen LogP contribution is 2.26. The van der Waals surface area contributed by atoms with Crippen molar-refractivity contribution in [3.8, 4) is 17.1 Å². The molecule has 0 radical (unpaired) electrons. The van der Waals surface area contributed by atoms with Crippen LogP contribution < -0.4 is 33.3 Å². The molecular weight excluding hydrogens is 373 g/mol. The normalized spacial score (nSPS) is 10.4. The number of hydrogen-bond donors (Lipinski definition) is 0. The second kappa shape index (κ2) is 8.21. The Labute approximate surface area is 134 Å². The van der Waals surface area contributed by atoms with Crippen LogP contribution in [0.5, 0.6) is 5.88 Å². The number of ether oxygens (including phenoxy) is 1. The summed E-state index contributed by atoms with van der Waals surface area (Å²) in [5.41, 5.74) is 1.84. The van der Waals surface area contributed by atoms with Gasteiger partial charge < -0.3 is 28.7 Å². The molecule has 0 N–H and O–H groups in total. The van der Waals surface area contributed by atoms with Crippen molar-refractivity contribution in [3.63, 3.8) is 0 Å². The second-order valence-corrected chi connectivity index (χ2v) is 4.41. The molecule has 2 rings (SSSR count). The van der Waals surface area contributed by atoms with Gasteiger partial charge in [0.25, 0.3) is 5.88 Å². The maximum atomic E-state index is 5.65. The van der Waals surface area contributed by atoms with Crippen molar-refractivity contribution in [1.29, 1.82) is 0 Å². The van der Waals surface area contributed by atoms with E-state index in [2.05, 4.69) is 14.8 Å². The molecule has 0 saturated carbocycles. The lowest BCUT2D eigenvalue weighted by Crippen LogP contribution is -3.00. The van der Waals surface area contributed by atoms with Crippen LogP contribution in [0.2, 0.25) is 0 Å². The molecule has 0 aliphatic rings. The first kappa shape index (κ1) is 16.0. The maximum Gasteiger partial charge on any atom is 0.254 e. The molecule has 2 aromatic heterocycles. The lowest BCUT2D eigenvalue weighted by Gasteiger charge is -2.02. The van der Waals surface area contributed by atoms with Gasteiger partial charge in [0, 0.05) is 6.07 Å². The minimum absolute atomic E-state index is 0. The molecule has 2 heterocycles. The van der Waals surface area contributed by atoms with Crippen LogP contribution in [0.25, 0.3) is 11.3 Å². The first-order chi connectivity index (χ1) is 8.81. The summed E-state index contributed by atoms with van der Waals surface area (Å²) in [6.07, 6.45) is 8.96. The van der Waals surface area contributed by atoms with E-state index in [1.54, 1.807) is 0 Å². The Hall–Kier alpha value is -1.02. The molecule has 0 amide bonds. The van der Waals surface area contributed by atoms with E-state index in [-0.39, 0.29) is 24.0 Å². The van der Waals surface area contributed by atoms with E-state index in [9.17, 15) is 0 Å². The van der Waals surface area contributed by atoms with Gasteiger partial charge in [-0.25, -0.2) is 4.57 Å². The fraction of sp³-hybridized carbons (Fsp3) is 0.308. The smallest absolute Gasteiger partial charge is 0.254 e. The first-order valence-corrected chi connectivity index (χ1v) is 6.56. The van der Waals surface area contributed by atoms with Gasteiger partial charge in [-0.05, 0) is 19.4 Å². The van der Waals surface area contributed by atoms with Crippen LogP contribution in [0.4, 0.5) is 0 Å². The third-order valence-corrected chi connectivity index (χ3v) is 2.94. The van der Waals surface area contributed by atoms with Crippen LogP contribution in [-0.2, 0) is 7.05 Å². The Balaban J connectivity index is 0.00000180. The van der Waals surface area contributed by atoms with E-state index in [0.29, 0.717) is 12.5 Å². The molecule has 0 aliphatic heterocycles. The third kappa shape index (κ3) is 4.54. The Morgan fingerprint density at radius 3 is 3.00 bits per heavy atom. The van der Waals surface area contributed by atoms with Crippen LogP contribution in [0, 0.1) is 0 Å². The zero-order valence-electron chi connectivity index (χ0n) is 10.9. The number of nitrogens with zero attached hydrogens (tertiary/aromatic N) is 3. The summed E-state index contributed by atoms with van der Waals surface area (Å²) in [7, 11) is 1.98. The minimum atomic E-state index is 0. The van der Waals surface area contributed by atoms with Gasteiger partial charge in [-0.1, -0.05) is 12.2 Å². The molecule has 102 valence electrons. The number of hydrogen-bond acceptors (Lipinski definition) is 4. The molecule has 0 atom stereocenters. The van der Waals surface area contributed by atoms with Crippen molar-refractivity contribution in [3.05, 3.63) is 36.7 Å². The fourth-order valence-corrected chi connectivity index (χ4v) is 2.09. The fourth-order valence-electron chi connectivity index (χ4n) is 1.57. The summed E-state index contributed by atoms with van der Waals surface area (Å²) >= 11 is 1.18. The Bertz CT molecular complexity index is 542. The van der Waals surface area contributed by atoms with Gasteiger partial charge >= 0.3 is 0 Å². The monoisotopic (exact) mass is 389 g/mol. The van der Waals surface area contributed by atoms with Gasteiger partial charge in [0.05, 0.1) is 23.9 Å². The maximum absolute atomic E-state index is 5.65. The van der Waals surface area contributed by atoms with Gasteiger partial charge in [-0.15, -0.1) is 4.37 Å². The average Bonchev–Trinajstić information content (AvgIpc) is 2.83. The lowest BCUT2D eigenvalue weighted by molar-refractivity contribution is -0.671. The number of aryl methyl sites for hydroxylation is 1. The number of aromatic nitrogens is 3. The molecule has 0 aliphatic carbocycles. The number of pyridine rings is 1. The Kier molecular flexibility index (Phi) is 6.93. The van der Waals surface area contributed by atoms with E-state index in [1.807, 2.05) is 49.1 Å². The molecule has 0 unspecified atom stereocenters. The molecular formula is C13H16IN3OS. The van der Waals surface area contributed by atoms with E-state index in [1.165, 1.54) is 11.7 Å². The molecule has 0 aromatic carbocycles. The molecule has 0 fully saturated rings. The highest BCUT2D eigenvalue weighted by Gasteiger charge is 2.13. The molecule has 6 heteroatoms. The van der Waals surface area contributed by atoms with Crippen molar-refractivity contribution in [1.82, 2.24) is 8.75 Å². The van der Waals surface area contributed by atoms with Crippen LogP contribution in [0.3, 0.4) is 0 Å². The summed E-state index contributed by atoms with van der Waals surface area (Å²) in [4.78, 5) is 0. The lowest BCUT2D eigenvalue weighted by atomic mass is 10.2. The summed E-state index contributed by atoms with van der Waals surface area (Å²) < 4.78 is 16.1. The van der Waals surface area contributed by atoms with Gasteiger partial charge in [0.2, 0.25) is 0 Å². The van der Waals surface area contributed by atoms with Crippen molar-refractivity contribution >= 4 is 11.7 Å². The second-order valence-electron chi connectivity index (χ2n) is 3.88. The van der Waals surface area contributed by atoms with Crippen molar-refractivity contribution in [2.24, 2.45) is 7.05 Å². The molecule has 0 saturated heterocycles. The predicted molar refractivity (Wildman–Crippen MR) is 71.4 cm³/mol. The summed E-state index contributed by atoms with van der Waals surface area (Å²) in [6, 6.07) is 3.99. The van der Waals surface area contributed by atoms with Crippen molar-refractivity contribution < 1.29 is 33.3 Å². The zero-order valence-corrected chi connectivity index (χ0v) is 13.9. The highest BCUT2D eigenvalue weighted by atomic mass is 127. The molecule has 0 spiro atoms. The molecule has 19 heavy (non-hydrogen) atoms. The summed E-state index contributed by atoms with van der Waals surface area (Å²) in [6.45, 7) is 2.63. The van der Waals surface area contributed by atoms with E-state index < -0.39 is 0 Å². The van der Waals surface area contributed by atoms with Crippen LogP contribution in [0.1, 0.15) is 13.3 Å². The van der Waals surface area contributed by atoms with Crippen LogP contribution in [0.15, 0.2) is 36.7 Å². The summed E-state index contributed by atoms with van der Waals surface area (Å²) in [5.74, 6) is 0.621. The molecule has 0 bridgehead atoms. The van der Waals surface area contributed by atoms with E-state index >= 15 is 0 Å². The largest absolute Gasteiger partial charge is 1.00 e. The molecule has 4 nitrogen and oxygen atoms in total. The number of halogens is 1. The zero-order chi connectivity index (χ0) is 12.8. The topological polar surface area (TPSA) is 38.9 Å². The van der Waals surface area contributed by atoms with E-state index in [4.69, 9.17) is 4.74 Å². The Morgan fingerprint density at radius 2 is 2.26 bits per heavy atom. The SMILES string of the molecule is CC=CCCOc1nsnc1-c1ccc[n+](C)c1.[I-]. The first-order valence-electron chi connectivity index (χ1n) is 5.83. The van der Waals surface area contributed by atoms with Gasteiger partial charge in [0.1, 0.15) is 7.05 Å². The molecule has 2 aromatic rings. The number of rotatable bonds is 5. The van der Waals surface area contributed by atoms with Crippen LogP contribution >= 0.6 is 11.7 Å². The number of allylic oxidation sites excluding steroid dienone is 1. The quantitative estimate of drug-likeness (QED) is 0.296. The predicted octanol–water partition coefficient (Wildman–Crippen LogP) is -0.621. The van der Waals surface area contributed by atoms with Gasteiger partial charge in [-0.3, -0.25) is 0 Å². The average molecular weight is 389 g/mol. The highest BCUT2D eigenvalue weighted by molar-refractivity contribution is 6.99. The van der Waals surface area contributed by atoms with Crippen molar-refractivity contribution in [2.45, 2.75) is 13.3 Å². The van der Waals surface area contributed by atoms with Gasteiger partial charge in [0.15, 0.2) is 18.1 Å². The Morgan fingerprint density at radius 1 is 1.42 bits per heavy atom. The summed E-state index contributed by atoms with van der Waals surface area (Å²) in [5, 5.41) is 0. The minimum Gasteiger partial charge on any atom is -1.00 e.